The summed E-state index contributed by atoms with van der Waals surface area (Å²) >= 11 is -2.14. The number of imide groups is 1. The molecular formula is C14H17NO4Sn. The summed E-state index contributed by atoms with van der Waals surface area (Å²) in [5.74, 6) is -1.61. The zero-order valence-electron chi connectivity index (χ0n) is 11.8. The molecule has 0 N–H and O–H groups in total. The molecular weight excluding hydrogens is 365 g/mol. The Hall–Kier alpha value is -1.37. The summed E-state index contributed by atoms with van der Waals surface area (Å²) in [5.41, 5.74) is 0.344. The van der Waals surface area contributed by atoms with Gasteiger partial charge in [-0.05, 0) is 0 Å². The van der Waals surface area contributed by atoms with Gasteiger partial charge in [-0.25, -0.2) is 0 Å². The average molecular weight is 382 g/mol. The van der Waals surface area contributed by atoms with E-state index >= 15 is 0 Å². The first kappa shape index (κ1) is 15.0. The molecule has 1 saturated heterocycles. The zero-order chi connectivity index (χ0) is 14.9. The predicted molar refractivity (Wildman–Crippen MR) is 75.9 cm³/mol. The maximum atomic E-state index is 11.9. The van der Waals surface area contributed by atoms with Crippen molar-refractivity contribution in [2.45, 2.75) is 27.7 Å². The molecule has 0 unspecified atom stereocenters. The minimum atomic E-state index is -2.14. The van der Waals surface area contributed by atoms with Crippen LogP contribution in [-0.2, 0) is 14.4 Å². The Balaban J connectivity index is 2.10. The summed E-state index contributed by atoms with van der Waals surface area (Å²) in [5, 5.41) is 0.569. The molecule has 1 aromatic carbocycles. The van der Waals surface area contributed by atoms with Crippen molar-refractivity contribution >= 4 is 39.7 Å². The second-order valence-corrected chi connectivity index (χ2v) is 20.3. The summed E-state index contributed by atoms with van der Waals surface area (Å²) in [7, 11) is 0. The predicted octanol–water partition coefficient (Wildman–Crippen LogP) is 1.45. The van der Waals surface area contributed by atoms with E-state index in [1.54, 1.807) is 12.1 Å². The monoisotopic (exact) mass is 383 g/mol. The maximum absolute atomic E-state index is 11.9. The van der Waals surface area contributed by atoms with E-state index < -0.39 is 36.2 Å². The standard InChI is InChI=1S/C11H8NO4.3CH3.Sn/c13-9-6-7-10(14)12(9)16-11(15)8-4-2-1-3-5-8;;;;/h2-5H,6-7H2;3*1H3;. The first-order valence-electron chi connectivity index (χ1n) is 6.47. The van der Waals surface area contributed by atoms with Crippen LogP contribution in [0.25, 0.3) is 0 Å². The van der Waals surface area contributed by atoms with Crippen molar-refractivity contribution < 1.29 is 19.2 Å². The van der Waals surface area contributed by atoms with Gasteiger partial charge in [-0.1, -0.05) is 0 Å². The van der Waals surface area contributed by atoms with Crippen LogP contribution in [-0.4, -0.2) is 41.2 Å². The third-order valence-electron chi connectivity index (χ3n) is 3.17. The van der Waals surface area contributed by atoms with E-state index in [-0.39, 0.29) is 12.8 Å². The number of rotatable bonds is 3. The fourth-order valence-corrected chi connectivity index (χ4v) is 5.23. The third-order valence-corrected chi connectivity index (χ3v) is 9.06. The van der Waals surface area contributed by atoms with Crippen molar-refractivity contribution in [3.63, 3.8) is 0 Å². The molecule has 0 aromatic heterocycles. The Morgan fingerprint density at radius 3 is 2.00 bits per heavy atom. The van der Waals surface area contributed by atoms with Crippen molar-refractivity contribution in [2.24, 2.45) is 0 Å². The Bertz CT molecular complexity index is 544. The number of hydrogen-bond acceptors (Lipinski definition) is 4. The van der Waals surface area contributed by atoms with Gasteiger partial charge in [-0.3, -0.25) is 0 Å². The molecule has 0 spiro atoms. The molecule has 5 nitrogen and oxygen atoms in total. The van der Waals surface area contributed by atoms with Gasteiger partial charge in [-0.2, -0.15) is 0 Å². The van der Waals surface area contributed by atoms with E-state index in [1.165, 1.54) is 3.58 Å². The molecule has 106 valence electrons. The first-order chi connectivity index (χ1) is 9.29. The number of carbonyl (C=O) groups excluding carboxylic acids is 3. The molecule has 0 radical (unpaired) electrons. The van der Waals surface area contributed by atoms with Gasteiger partial charge in [0.05, 0.1) is 0 Å². The molecule has 2 rings (SSSR count). The van der Waals surface area contributed by atoms with Crippen LogP contribution in [0, 0.1) is 0 Å². The molecule has 1 heterocycles. The first-order valence-corrected chi connectivity index (χ1v) is 16.5. The number of amides is 2. The average Bonchev–Trinajstić information content (AvgIpc) is 2.69. The molecule has 0 bridgehead atoms. The van der Waals surface area contributed by atoms with Gasteiger partial charge in [0, 0.05) is 0 Å². The zero-order valence-corrected chi connectivity index (χ0v) is 14.7. The van der Waals surface area contributed by atoms with Gasteiger partial charge in [0.1, 0.15) is 0 Å². The Morgan fingerprint density at radius 2 is 1.55 bits per heavy atom. The van der Waals surface area contributed by atoms with Gasteiger partial charge < -0.3 is 0 Å². The molecule has 0 saturated carbocycles. The number of nitrogens with zero attached hydrogens (tertiary/aromatic N) is 1. The van der Waals surface area contributed by atoms with Crippen LogP contribution in [0.3, 0.4) is 0 Å². The van der Waals surface area contributed by atoms with Crippen molar-refractivity contribution in [1.82, 2.24) is 5.06 Å². The van der Waals surface area contributed by atoms with Crippen molar-refractivity contribution in [2.75, 3.05) is 0 Å². The molecule has 1 fully saturated rings. The van der Waals surface area contributed by atoms with Crippen LogP contribution < -0.4 is 3.58 Å². The van der Waals surface area contributed by atoms with Gasteiger partial charge in [0.2, 0.25) is 0 Å². The van der Waals surface area contributed by atoms with Crippen LogP contribution in [0.2, 0.25) is 14.8 Å². The summed E-state index contributed by atoms with van der Waals surface area (Å²) in [6.45, 7) is 0. The molecule has 1 aliphatic rings. The Labute approximate surface area is 121 Å². The van der Waals surface area contributed by atoms with E-state index in [0.29, 0.717) is 10.6 Å². The Morgan fingerprint density at radius 1 is 1.05 bits per heavy atom. The van der Waals surface area contributed by atoms with Crippen LogP contribution in [0.4, 0.5) is 0 Å². The van der Waals surface area contributed by atoms with Crippen molar-refractivity contribution in [1.29, 1.82) is 0 Å². The topological polar surface area (TPSA) is 63.7 Å². The quantitative estimate of drug-likeness (QED) is 0.587. The van der Waals surface area contributed by atoms with Crippen LogP contribution in [0.5, 0.6) is 0 Å². The fraction of sp³-hybridized carbons (Fsp3) is 0.357. The number of hydrogen-bond donors (Lipinski definition) is 0. The van der Waals surface area contributed by atoms with E-state index in [0.717, 1.165) is 0 Å². The molecule has 0 atom stereocenters. The summed E-state index contributed by atoms with van der Waals surface area (Å²) in [4.78, 5) is 46.4. The van der Waals surface area contributed by atoms with Crippen molar-refractivity contribution in [3.8, 4) is 0 Å². The number of carbonyl (C=O) groups is 3. The van der Waals surface area contributed by atoms with E-state index in [9.17, 15) is 14.4 Å². The van der Waals surface area contributed by atoms with Gasteiger partial charge >= 0.3 is 122 Å². The second-order valence-electron chi connectivity index (χ2n) is 5.79. The molecule has 2 amide bonds. The molecule has 1 aromatic rings. The number of benzene rings is 1. The van der Waals surface area contributed by atoms with Crippen LogP contribution >= 0.6 is 0 Å². The van der Waals surface area contributed by atoms with Crippen LogP contribution in [0.15, 0.2) is 24.3 Å². The minimum absolute atomic E-state index is 0.101. The van der Waals surface area contributed by atoms with Crippen LogP contribution in [0.1, 0.15) is 23.2 Å². The molecule has 6 heteroatoms. The molecule has 20 heavy (non-hydrogen) atoms. The van der Waals surface area contributed by atoms with E-state index in [2.05, 4.69) is 14.8 Å². The summed E-state index contributed by atoms with van der Waals surface area (Å²) in [6, 6.07) is 7.23. The number of hydroxylamine groups is 2. The second kappa shape index (κ2) is 5.55. The van der Waals surface area contributed by atoms with E-state index in [1.807, 2.05) is 12.1 Å². The van der Waals surface area contributed by atoms with Gasteiger partial charge in [0.25, 0.3) is 0 Å². The van der Waals surface area contributed by atoms with Gasteiger partial charge in [0.15, 0.2) is 0 Å². The third kappa shape index (κ3) is 3.20. The summed E-state index contributed by atoms with van der Waals surface area (Å²) < 4.78 is 1.30. The normalized spacial score (nSPS) is 15.7. The molecule has 1 aliphatic heterocycles. The SMILES string of the molecule is [CH3][Sn]([CH3])([CH3])[c]1ccc(C(=O)ON2C(=O)CCC2=O)cc1. The van der Waals surface area contributed by atoms with Crippen molar-refractivity contribution in [3.05, 3.63) is 29.8 Å². The molecule has 0 aliphatic carbocycles. The van der Waals surface area contributed by atoms with Gasteiger partial charge in [-0.15, -0.1) is 0 Å². The van der Waals surface area contributed by atoms with E-state index in [4.69, 9.17) is 4.84 Å². The fourth-order valence-electron chi connectivity index (χ4n) is 1.90. The summed E-state index contributed by atoms with van der Waals surface area (Å²) in [6.07, 6.45) is 0.201. The Kier molecular flexibility index (Phi) is 4.17.